The molecule has 0 spiro atoms. The van der Waals surface area contributed by atoms with E-state index >= 15 is 0 Å². The van der Waals surface area contributed by atoms with Gasteiger partial charge in [-0.3, -0.25) is 9.59 Å². The average molecular weight is 427 g/mol. The van der Waals surface area contributed by atoms with Crippen LogP contribution in [0, 0.1) is 13.8 Å². The summed E-state index contributed by atoms with van der Waals surface area (Å²) in [6.07, 6.45) is 1.72. The molecule has 0 aromatic heterocycles. The van der Waals surface area contributed by atoms with Gasteiger partial charge >= 0.3 is 5.97 Å². The molecule has 1 heterocycles. The van der Waals surface area contributed by atoms with Crippen molar-refractivity contribution in [2.75, 3.05) is 16.8 Å². The van der Waals surface area contributed by atoms with Crippen LogP contribution in [0.15, 0.2) is 53.2 Å². The summed E-state index contributed by atoms with van der Waals surface area (Å²) in [6.45, 7) is 6.25. The predicted octanol–water partition coefficient (Wildman–Crippen LogP) is 4.70. The van der Waals surface area contributed by atoms with Crippen molar-refractivity contribution < 1.29 is 19.1 Å². The fourth-order valence-electron chi connectivity index (χ4n) is 3.18. The number of imide groups is 1. The third-order valence-corrected chi connectivity index (χ3v) is 4.96. The maximum atomic E-state index is 12.9. The van der Waals surface area contributed by atoms with E-state index in [1.165, 1.54) is 24.3 Å². The molecule has 2 aromatic carbocycles. The monoisotopic (exact) mass is 426 g/mol. The van der Waals surface area contributed by atoms with E-state index in [9.17, 15) is 14.4 Å². The number of benzene rings is 2. The molecule has 0 atom stereocenters. The first-order valence-corrected chi connectivity index (χ1v) is 10.1. The topological polar surface area (TPSA) is 75.7 Å². The Balaban J connectivity index is 1.77. The van der Waals surface area contributed by atoms with Gasteiger partial charge in [-0.25, -0.2) is 9.69 Å². The molecule has 0 unspecified atom stereocenters. The molecule has 1 N–H and O–H groups in total. The van der Waals surface area contributed by atoms with E-state index in [0.717, 1.165) is 28.9 Å². The average Bonchev–Trinajstić information content (AvgIpc) is 2.91. The van der Waals surface area contributed by atoms with E-state index in [1.54, 1.807) is 0 Å². The first kappa shape index (κ1) is 21.6. The molecule has 0 saturated carbocycles. The molecule has 0 fully saturated rings. The molecule has 2 amide bonds. The second-order valence-corrected chi connectivity index (χ2v) is 7.55. The Hall–Kier alpha value is -3.12. The Morgan fingerprint density at radius 3 is 2.27 bits per heavy atom. The molecule has 0 bridgehead atoms. The van der Waals surface area contributed by atoms with E-state index in [0.29, 0.717) is 23.5 Å². The van der Waals surface area contributed by atoms with E-state index in [1.807, 2.05) is 39.0 Å². The standard InChI is InChI=1S/C23H23ClN2O4/c1-4-5-10-30-23(29)16-6-8-18(9-7-16)26-21(27)19(24)20(22(26)28)25-17-12-14(2)11-15(3)13-17/h6-9,11-13,25H,4-5,10H2,1-3H3. The minimum Gasteiger partial charge on any atom is -0.462 e. The molecule has 156 valence electrons. The number of carbonyl (C=O) groups excluding carboxylic acids is 3. The van der Waals surface area contributed by atoms with Gasteiger partial charge < -0.3 is 10.1 Å². The number of anilines is 2. The molecule has 1 aliphatic heterocycles. The van der Waals surface area contributed by atoms with E-state index in [2.05, 4.69) is 5.32 Å². The second-order valence-electron chi connectivity index (χ2n) is 7.17. The van der Waals surface area contributed by atoms with Crippen molar-refractivity contribution in [2.45, 2.75) is 33.6 Å². The molecule has 0 radical (unpaired) electrons. The number of carbonyl (C=O) groups is 3. The Labute approximate surface area is 180 Å². The van der Waals surface area contributed by atoms with Gasteiger partial charge in [0.25, 0.3) is 11.8 Å². The van der Waals surface area contributed by atoms with Crippen molar-refractivity contribution in [3.63, 3.8) is 0 Å². The third-order valence-electron chi connectivity index (χ3n) is 4.61. The van der Waals surface area contributed by atoms with Crippen LogP contribution in [0.3, 0.4) is 0 Å². The zero-order valence-corrected chi connectivity index (χ0v) is 17.9. The summed E-state index contributed by atoms with van der Waals surface area (Å²) in [7, 11) is 0. The van der Waals surface area contributed by atoms with Gasteiger partial charge in [-0.2, -0.15) is 0 Å². The number of halogens is 1. The summed E-state index contributed by atoms with van der Waals surface area (Å²) in [6, 6.07) is 11.8. The molecule has 2 aromatic rings. The van der Waals surface area contributed by atoms with Crippen LogP contribution < -0.4 is 10.2 Å². The fraction of sp³-hybridized carbons (Fsp3) is 0.261. The second kappa shape index (κ2) is 9.13. The third kappa shape index (κ3) is 4.54. The lowest BCUT2D eigenvalue weighted by Crippen LogP contribution is -2.32. The minimum atomic E-state index is -0.619. The summed E-state index contributed by atoms with van der Waals surface area (Å²) in [5, 5.41) is 2.79. The quantitative estimate of drug-likeness (QED) is 0.394. The van der Waals surface area contributed by atoms with Crippen LogP contribution in [0.5, 0.6) is 0 Å². The number of hydrogen-bond donors (Lipinski definition) is 1. The normalized spacial score (nSPS) is 13.8. The van der Waals surface area contributed by atoms with Crippen LogP contribution in [0.1, 0.15) is 41.3 Å². The minimum absolute atomic E-state index is 0.0229. The lowest BCUT2D eigenvalue weighted by atomic mass is 10.1. The van der Waals surface area contributed by atoms with Crippen molar-refractivity contribution in [1.29, 1.82) is 0 Å². The van der Waals surface area contributed by atoms with E-state index in [4.69, 9.17) is 16.3 Å². The number of hydrogen-bond acceptors (Lipinski definition) is 5. The highest BCUT2D eigenvalue weighted by Crippen LogP contribution is 2.30. The first-order valence-electron chi connectivity index (χ1n) is 9.73. The Kier molecular flexibility index (Phi) is 6.57. The summed E-state index contributed by atoms with van der Waals surface area (Å²) >= 11 is 6.18. The number of aryl methyl sites for hydroxylation is 2. The predicted molar refractivity (Wildman–Crippen MR) is 117 cm³/mol. The van der Waals surface area contributed by atoms with Crippen LogP contribution in [0.25, 0.3) is 0 Å². The number of amides is 2. The van der Waals surface area contributed by atoms with Crippen LogP contribution in [-0.4, -0.2) is 24.4 Å². The molecule has 30 heavy (non-hydrogen) atoms. The molecule has 0 aliphatic carbocycles. The van der Waals surface area contributed by atoms with Crippen LogP contribution in [-0.2, 0) is 14.3 Å². The van der Waals surface area contributed by atoms with E-state index in [-0.39, 0.29) is 10.7 Å². The van der Waals surface area contributed by atoms with Crippen molar-refractivity contribution >= 4 is 40.8 Å². The van der Waals surface area contributed by atoms with Gasteiger partial charge in [-0.05, 0) is 67.8 Å². The summed E-state index contributed by atoms with van der Waals surface area (Å²) in [5.41, 5.74) is 3.41. The van der Waals surface area contributed by atoms with Crippen molar-refractivity contribution in [1.82, 2.24) is 0 Å². The molecule has 7 heteroatoms. The largest absolute Gasteiger partial charge is 0.462 e. The van der Waals surface area contributed by atoms with Crippen molar-refractivity contribution in [3.05, 3.63) is 69.9 Å². The van der Waals surface area contributed by atoms with Gasteiger partial charge in [0.05, 0.1) is 17.9 Å². The van der Waals surface area contributed by atoms with Gasteiger partial charge in [-0.1, -0.05) is 31.0 Å². The number of ether oxygens (including phenoxy) is 1. The number of rotatable bonds is 7. The highest BCUT2D eigenvalue weighted by atomic mass is 35.5. The zero-order valence-electron chi connectivity index (χ0n) is 17.1. The van der Waals surface area contributed by atoms with Crippen molar-refractivity contribution in [3.8, 4) is 0 Å². The number of nitrogens with one attached hydrogen (secondary N) is 1. The Bertz CT molecular complexity index is 1010. The summed E-state index contributed by atoms with van der Waals surface area (Å²) < 4.78 is 5.17. The first-order chi connectivity index (χ1) is 14.3. The summed E-state index contributed by atoms with van der Waals surface area (Å²) in [5.74, 6) is -1.61. The number of unbranched alkanes of at least 4 members (excludes halogenated alkanes) is 1. The highest BCUT2D eigenvalue weighted by Gasteiger charge is 2.39. The Morgan fingerprint density at radius 2 is 1.67 bits per heavy atom. The molecular weight excluding hydrogens is 404 g/mol. The fourth-order valence-corrected chi connectivity index (χ4v) is 3.39. The van der Waals surface area contributed by atoms with Gasteiger partial charge in [0.2, 0.25) is 0 Å². The number of esters is 1. The molecule has 6 nitrogen and oxygen atoms in total. The van der Waals surface area contributed by atoms with E-state index < -0.39 is 17.8 Å². The van der Waals surface area contributed by atoms with Gasteiger partial charge in [0, 0.05) is 5.69 Å². The molecule has 1 aliphatic rings. The van der Waals surface area contributed by atoms with Crippen LogP contribution in [0.4, 0.5) is 11.4 Å². The maximum absolute atomic E-state index is 12.9. The zero-order chi connectivity index (χ0) is 21.8. The van der Waals surface area contributed by atoms with Crippen molar-refractivity contribution in [2.24, 2.45) is 0 Å². The van der Waals surface area contributed by atoms with Gasteiger partial charge in [0.1, 0.15) is 10.7 Å². The highest BCUT2D eigenvalue weighted by molar-refractivity contribution is 6.53. The summed E-state index contributed by atoms with van der Waals surface area (Å²) in [4.78, 5) is 38.5. The molecule has 0 saturated heterocycles. The molecule has 3 rings (SSSR count). The lowest BCUT2D eigenvalue weighted by Gasteiger charge is -2.16. The number of nitrogens with zero attached hydrogens (tertiary/aromatic N) is 1. The molecular formula is C23H23ClN2O4. The Morgan fingerprint density at radius 1 is 1.03 bits per heavy atom. The SMILES string of the molecule is CCCCOC(=O)c1ccc(N2C(=O)C(Cl)=C(Nc3cc(C)cc(C)c3)C2=O)cc1. The smallest absolute Gasteiger partial charge is 0.338 e. The van der Waals surface area contributed by atoms with Crippen LogP contribution in [0.2, 0.25) is 0 Å². The van der Waals surface area contributed by atoms with Gasteiger partial charge in [0.15, 0.2) is 0 Å². The van der Waals surface area contributed by atoms with Gasteiger partial charge in [-0.15, -0.1) is 0 Å². The van der Waals surface area contributed by atoms with Crippen LogP contribution >= 0.6 is 11.6 Å². The maximum Gasteiger partial charge on any atom is 0.338 e. The lowest BCUT2D eigenvalue weighted by molar-refractivity contribution is -0.120.